The fourth-order valence-corrected chi connectivity index (χ4v) is 2.71. The van der Waals surface area contributed by atoms with E-state index in [-0.39, 0.29) is 0 Å². The van der Waals surface area contributed by atoms with Crippen molar-refractivity contribution in [1.29, 1.82) is 0 Å². The molecule has 2 heterocycles. The zero-order valence-corrected chi connectivity index (χ0v) is 11.0. The highest BCUT2D eigenvalue weighted by atomic mass is 15.2. The van der Waals surface area contributed by atoms with Crippen molar-refractivity contribution < 1.29 is 0 Å². The Morgan fingerprint density at radius 3 is 3.06 bits per heavy atom. The number of anilines is 2. The van der Waals surface area contributed by atoms with Crippen LogP contribution in [0.25, 0.3) is 0 Å². The fourth-order valence-electron chi connectivity index (χ4n) is 2.71. The van der Waals surface area contributed by atoms with Crippen LogP contribution in [0.2, 0.25) is 0 Å². The van der Waals surface area contributed by atoms with Gasteiger partial charge in [-0.3, -0.25) is 4.90 Å². The minimum atomic E-state index is 0.600. The molecule has 0 amide bonds. The van der Waals surface area contributed by atoms with Gasteiger partial charge in [0.25, 0.3) is 0 Å². The summed E-state index contributed by atoms with van der Waals surface area (Å²) in [7, 11) is 0. The van der Waals surface area contributed by atoms with Crippen LogP contribution in [0.15, 0.2) is 18.3 Å². The molecule has 0 bridgehead atoms. The first kappa shape index (κ1) is 11.8. The smallest absolute Gasteiger partial charge is 0.127 e. The number of pyridine rings is 1. The van der Waals surface area contributed by atoms with E-state index in [0.717, 1.165) is 18.4 Å². The third-order valence-electron chi connectivity index (χ3n) is 3.77. The number of rotatable bonds is 5. The Morgan fingerprint density at radius 2 is 2.28 bits per heavy atom. The van der Waals surface area contributed by atoms with Gasteiger partial charge in [0.15, 0.2) is 0 Å². The van der Waals surface area contributed by atoms with Crippen LogP contribution in [0.4, 0.5) is 11.5 Å². The molecule has 0 aromatic carbocycles. The lowest BCUT2D eigenvalue weighted by Gasteiger charge is -2.17. The van der Waals surface area contributed by atoms with Crippen molar-refractivity contribution in [3.05, 3.63) is 18.3 Å². The van der Waals surface area contributed by atoms with Crippen molar-refractivity contribution in [3.8, 4) is 0 Å². The van der Waals surface area contributed by atoms with Gasteiger partial charge in [-0.25, -0.2) is 4.98 Å². The minimum absolute atomic E-state index is 0.600. The minimum Gasteiger partial charge on any atom is -0.381 e. The molecule has 18 heavy (non-hydrogen) atoms. The SMILES string of the molecule is CCNc1cc(NC2CCN(C3CC3)C2)ccn1. The average molecular weight is 246 g/mol. The molecule has 1 saturated heterocycles. The summed E-state index contributed by atoms with van der Waals surface area (Å²) in [5.41, 5.74) is 1.18. The Labute approximate surface area is 109 Å². The van der Waals surface area contributed by atoms with E-state index >= 15 is 0 Å². The first-order valence-corrected chi connectivity index (χ1v) is 7.05. The average Bonchev–Trinajstić information content (AvgIpc) is 3.12. The third kappa shape index (κ3) is 2.75. The van der Waals surface area contributed by atoms with Crippen LogP contribution in [-0.2, 0) is 0 Å². The lowest BCUT2D eigenvalue weighted by molar-refractivity contribution is 0.326. The molecule has 2 N–H and O–H groups in total. The maximum Gasteiger partial charge on any atom is 0.127 e. The standard InChI is InChI=1S/C14H22N4/c1-2-15-14-9-11(5-7-16-14)17-12-6-8-18(10-12)13-3-4-13/h5,7,9,12-13H,2-4,6,8,10H2,1H3,(H2,15,16,17). The van der Waals surface area contributed by atoms with Gasteiger partial charge in [-0.1, -0.05) is 0 Å². The zero-order valence-electron chi connectivity index (χ0n) is 11.0. The predicted octanol–water partition coefficient (Wildman–Crippen LogP) is 2.16. The second kappa shape index (κ2) is 5.14. The van der Waals surface area contributed by atoms with Gasteiger partial charge in [0.05, 0.1) is 0 Å². The molecule has 1 unspecified atom stereocenters. The molecule has 0 radical (unpaired) electrons. The highest BCUT2D eigenvalue weighted by Crippen LogP contribution is 2.30. The van der Waals surface area contributed by atoms with E-state index in [9.17, 15) is 0 Å². The number of likely N-dealkylation sites (tertiary alicyclic amines) is 1. The second-order valence-electron chi connectivity index (χ2n) is 5.32. The Balaban J connectivity index is 1.57. The maximum atomic E-state index is 4.30. The Morgan fingerprint density at radius 1 is 1.39 bits per heavy atom. The number of hydrogen-bond acceptors (Lipinski definition) is 4. The van der Waals surface area contributed by atoms with Crippen LogP contribution in [0.3, 0.4) is 0 Å². The molecule has 4 heteroatoms. The maximum absolute atomic E-state index is 4.30. The van der Waals surface area contributed by atoms with Crippen molar-refractivity contribution in [2.45, 2.75) is 38.3 Å². The van der Waals surface area contributed by atoms with Gasteiger partial charge in [0, 0.05) is 49.7 Å². The van der Waals surface area contributed by atoms with Crippen LogP contribution < -0.4 is 10.6 Å². The Bertz CT molecular complexity index is 403. The van der Waals surface area contributed by atoms with Crippen LogP contribution in [0.1, 0.15) is 26.2 Å². The van der Waals surface area contributed by atoms with E-state index in [1.807, 2.05) is 6.20 Å². The van der Waals surface area contributed by atoms with Crippen molar-refractivity contribution in [1.82, 2.24) is 9.88 Å². The summed E-state index contributed by atoms with van der Waals surface area (Å²) in [4.78, 5) is 6.92. The van der Waals surface area contributed by atoms with Gasteiger partial charge in [0.2, 0.25) is 0 Å². The van der Waals surface area contributed by atoms with Gasteiger partial charge < -0.3 is 10.6 Å². The van der Waals surface area contributed by atoms with Crippen molar-refractivity contribution in [2.75, 3.05) is 30.3 Å². The molecule has 98 valence electrons. The molecule has 1 aromatic heterocycles. The monoisotopic (exact) mass is 246 g/mol. The van der Waals surface area contributed by atoms with Crippen molar-refractivity contribution in [3.63, 3.8) is 0 Å². The number of hydrogen-bond donors (Lipinski definition) is 2. The van der Waals surface area contributed by atoms with Gasteiger partial charge in [-0.05, 0) is 32.3 Å². The Kier molecular flexibility index (Phi) is 3.37. The molecule has 1 aromatic rings. The van der Waals surface area contributed by atoms with Crippen LogP contribution in [0.5, 0.6) is 0 Å². The summed E-state index contributed by atoms with van der Waals surface area (Å²) in [6.45, 7) is 5.46. The van der Waals surface area contributed by atoms with Gasteiger partial charge in [-0.2, -0.15) is 0 Å². The summed E-state index contributed by atoms with van der Waals surface area (Å²) in [6.07, 6.45) is 5.95. The normalized spacial score (nSPS) is 24.2. The Hall–Kier alpha value is -1.29. The number of aromatic nitrogens is 1. The molecule has 2 fully saturated rings. The lowest BCUT2D eigenvalue weighted by atomic mass is 10.2. The molecular formula is C14H22N4. The van der Waals surface area contributed by atoms with Gasteiger partial charge >= 0.3 is 0 Å². The molecular weight excluding hydrogens is 224 g/mol. The van der Waals surface area contributed by atoms with E-state index in [4.69, 9.17) is 0 Å². The zero-order chi connectivity index (χ0) is 12.4. The topological polar surface area (TPSA) is 40.2 Å². The largest absolute Gasteiger partial charge is 0.381 e. The molecule has 1 aliphatic carbocycles. The van der Waals surface area contributed by atoms with E-state index in [0.29, 0.717) is 6.04 Å². The van der Waals surface area contributed by atoms with Crippen molar-refractivity contribution in [2.24, 2.45) is 0 Å². The highest BCUT2D eigenvalue weighted by Gasteiger charge is 2.34. The molecule has 4 nitrogen and oxygen atoms in total. The molecule has 1 saturated carbocycles. The van der Waals surface area contributed by atoms with Gasteiger partial charge in [-0.15, -0.1) is 0 Å². The summed E-state index contributed by atoms with van der Waals surface area (Å²) in [5, 5.41) is 6.88. The molecule has 2 aliphatic rings. The summed E-state index contributed by atoms with van der Waals surface area (Å²) < 4.78 is 0. The second-order valence-corrected chi connectivity index (χ2v) is 5.32. The predicted molar refractivity (Wildman–Crippen MR) is 75.0 cm³/mol. The highest BCUT2D eigenvalue weighted by molar-refractivity contribution is 5.52. The first-order valence-electron chi connectivity index (χ1n) is 7.05. The molecule has 0 spiro atoms. The van der Waals surface area contributed by atoms with Crippen molar-refractivity contribution >= 4 is 11.5 Å². The van der Waals surface area contributed by atoms with E-state index < -0.39 is 0 Å². The quantitative estimate of drug-likeness (QED) is 0.835. The number of nitrogens with one attached hydrogen (secondary N) is 2. The summed E-state index contributed by atoms with van der Waals surface area (Å²) >= 11 is 0. The van der Waals surface area contributed by atoms with E-state index in [2.05, 4.69) is 39.6 Å². The molecule has 1 aliphatic heterocycles. The van der Waals surface area contributed by atoms with E-state index in [1.54, 1.807) is 0 Å². The fraction of sp³-hybridized carbons (Fsp3) is 0.643. The summed E-state index contributed by atoms with van der Waals surface area (Å²) in [6, 6.07) is 5.65. The molecule has 3 rings (SSSR count). The summed E-state index contributed by atoms with van der Waals surface area (Å²) in [5.74, 6) is 0.958. The lowest BCUT2D eigenvalue weighted by Crippen LogP contribution is -2.27. The van der Waals surface area contributed by atoms with Crippen LogP contribution >= 0.6 is 0 Å². The molecule has 1 atom stereocenters. The van der Waals surface area contributed by atoms with Gasteiger partial charge in [0.1, 0.15) is 5.82 Å². The number of nitrogens with zero attached hydrogens (tertiary/aromatic N) is 2. The van der Waals surface area contributed by atoms with Crippen LogP contribution in [-0.4, -0.2) is 41.6 Å². The first-order chi connectivity index (χ1) is 8.85. The third-order valence-corrected chi connectivity index (χ3v) is 3.77. The van der Waals surface area contributed by atoms with E-state index in [1.165, 1.54) is 38.0 Å². The van der Waals surface area contributed by atoms with Crippen LogP contribution in [0, 0.1) is 0 Å².